The summed E-state index contributed by atoms with van der Waals surface area (Å²) in [5, 5.41) is 0.672. The summed E-state index contributed by atoms with van der Waals surface area (Å²) in [6, 6.07) is 10.9. The van der Waals surface area contributed by atoms with Gasteiger partial charge in [0.2, 0.25) is 0 Å². The molecular formula is C18H14F2N4O2S. The first kappa shape index (κ1) is 17.3. The molecule has 3 aromatic heterocycles. The van der Waals surface area contributed by atoms with Crippen LogP contribution in [0, 0.1) is 0 Å². The van der Waals surface area contributed by atoms with Gasteiger partial charge in [0.15, 0.2) is 16.5 Å². The number of hydrogen-bond donors (Lipinski definition) is 0. The van der Waals surface area contributed by atoms with Crippen LogP contribution in [0.2, 0.25) is 0 Å². The molecule has 4 aromatic rings. The summed E-state index contributed by atoms with van der Waals surface area (Å²) >= 11 is 1.47. The first-order valence-electron chi connectivity index (χ1n) is 8.04. The van der Waals surface area contributed by atoms with Gasteiger partial charge in [-0.1, -0.05) is 12.1 Å². The van der Waals surface area contributed by atoms with E-state index in [1.54, 1.807) is 12.1 Å². The maximum absolute atomic E-state index is 12.9. The van der Waals surface area contributed by atoms with Crippen LogP contribution in [0.1, 0.15) is 22.9 Å². The van der Waals surface area contributed by atoms with Gasteiger partial charge in [0.25, 0.3) is 5.91 Å². The van der Waals surface area contributed by atoms with E-state index in [1.807, 2.05) is 24.3 Å². The predicted octanol–water partition coefficient (Wildman–Crippen LogP) is 4.42. The Morgan fingerprint density at radius 2 is 2.11 bits per heavy atom. The number of aromatic nitrogens is 3. The Morgan fingerprint density at radius 1 is 1.30 bits per heavy atom. The molecule has 1 amide bonds. The average molecular weight is 388 g/mol. The van der Waals surface area contributed by atoms with Gasteiger partial charge in [-0.05, 0) is 24.3 Å². The van der Waals surface area contributed by atoms with Crippen LogP contribution >= 0.6 is 11.3 Å². The highest BCUT2D eigenvalue weighted by molar-refractivity contribution is 7.21. The van der Waals surface area contributed by atoms with Crippen molar-refractivity contribution in [2.24, 2.45) is 0 Å². The van der Waals surface area contributed by atoms with Crippen molar-refractivity contribution in [3.8, 4) is 10.8 Å². The van der Waals surface area contributed by atoms with Crippen LogP contribution < -0.4 is 0 Å². The quantitative estimate of drug-likeness (QED) is 0.508. The van der Waals surface area contributed by atoms with E-state index in [-0.39, 0.29) is 18.1 Å². The van der Waals surface area contributed by atoms with Crippen molar-refractivity contribution in [3.63, 3.8) is 0 Å². The Morgan fingerprint density at radius 3 is 2.89 bits per heavy atom. The van der Waals surface area contributed by atoms with Gasteiger partial charge in [0.05, 0.1) is 16.8 Å². The lowest BCUT2D eigenvalue weighted by Gasteiger charge is -2.16. The number of para-hydroxylation sites is 1. The zero-order valence-corrected chi connectivity index (χ0v) is 15.0. The smallest absolute Gasteiger partial charge is 0.319 e. The fourth-order valence-electron chi connectivity index (χ4n) is 2.66. The van der Waals surface area contributed by atoms with Crippen molar-refractivity contribution in [1.29, 1.82) is 0 Å². The number of fused-ring (bicyclic) bond motifs is 1. The van der Waals surface area contributed by atoms with Crippen LogP contribution in [0.5, 0.6) is 0 Å². The topological polar surface area (TPSA) is 64.2 Å². The van der Waals surface area contributed by atoms with E-state index in [1.165, 1.54) is 35.7 Å². The van der Waals surface area contributed by atoms with E-state index in [4.69, 9.17) is 4.42 Å². The number of benzene rings is 1. The summed E-state index contributed by atoms with van der Waals surface area (Å²) < 4.78 is 33.2. The first-order chi connectivity index (χ1) is 13.0. The highest BCUT2D eigenvalue weighted by Gasteiger charge is 2.21. The lowest BCUT2D eigenvalue weighted by Crippen LogP contribution is -2.27. The minimum absolute atomic E-state index is 0.0622. The SMILES string of the molecule is CN(Cc1nccn1C(F)F)C(=O)c1ccc(-c2nc3ccccc3s2)o1. The molecule has 138 valence electrons. The number of halogens is 2. The second kappa shape index (κ2) is 6.92. The molecule has 0 aliphatic heterocycles. The minimum atomic E-state index is -2.71. The molecule has 1 aromatic carbocycles. The van der Waals surface area contributed by atoms with Gasteiger partial charge in [0, 0.05) is 19.4 Å². The Bertz CT molecular complexity index is 1070. The summed E-state index contributed by atoms with van der Waals surface area (Å²) in [6.07, 6.45) is 2.45. The number of amides is 1. The first-order valence-corrected chi connectivity index (χ1v) is 8.85. The van der Waals surface area contributed by atoms with E-state index in [2.05, 4.69) is 9.97 Å². The van der Waals surface area contributed by atoms with E-state index in [9.17, 15) is 13.6 Å². The fraction of sp³-hybridized carbons (Fsp3) is 0.167. The Labute approximate surface area is 156 Å². The van der Waals surface area contributed by atoms with Gasteiger partial charge in [0.1, 0.15) is 5.82 Å². The molecular weight excluding hydrogens is 374 g/mol. The lowest BCUT2D eigenvalue weighted by atomic mass is 10.3. The molecule has 0 aliphatic carbocycles. The Hall–Kier alpha value is -3.07. The molecule has 3 heterocycles. The van der Waals surface area contributed by atoms with Crippen LogP contribution in [0.25, 0.3) is 21.0 Å². The molecule has 0 bridgehead atoms. The standard InChI is InChI=1S/C18H14F2N4O2S/c1-23(10-15-21-8-9-24(15)18(19)20)17(25)13-7-6-12(26-13)16-22-11-4-2-3-5-14(11)27-16/h2-9,18H,10H2,1H3. The van der Waals surface area contributed by atoms with Gasteiger partial charge < -0.3 is 9.32 Å². The second-order valence-corrected chi connectivity index (χ2v) is 6.87. The molecule has 0 saturated carbocycles. The molecule has 6 nitrogen and oxygen atoms in total. The van der Waals surface area contributed by atoms with Crippen molar-refractivity contribution in [2.75, 3.05) is 7.05 Å². The van der Waals surface area contributed by atoms with Crippen molar-refractivity contribution in [1.82, 2.24) is 19.4 Å². The number of nitrogens with zero attached hydrogens (tertiary/aromatic N) is 4. The van der Waals surface area contributed by atoms with E-state index >= 15 is 0 Å². The second-order valence-electron chi connectivity index (χ2n) is 5.84. The minimum Gasteiger partial charge on any atom is -0.448 e. The summed E-state index contributed by atoms with van der Waals surface area (Å²) in [7, 11) is 1.51. The number of rotatable bonds is 5. The summed E-state index contributed by atoms with van der Waals surface area (Å²) in [4.78, 5) is 22.2. The highest BCUT2D eigenvalue weighted by Crippen LogP contribution is 2.31. The third-order valence-electron chi connectivity index (χ3n) is 4.01. The molecule has 0 saturated heterocycles. The number of hydrogen-bond acceptors (Lipinski definition) is 5. The maximum Gasteiger partial charge on any atom is 0.319 e. The molecule has 9 heteroatoms. The van der Waals surface area contributed by atoms with Crippen molar-refractivity contribution >= 4 is 27.5 Å². The zero-order chi connectivity index (χ0) is 19.0. The van der Waals surface area contributed by atoms with Gasteiger partial charge in [-0.3, -0.25) is 9.36 Å². The van der Waals surface area contributed by atoms with E-state index < -0.39 is 12.5 Å². The Kier molecular flexibility index (Phi) is 4.44. The van der Waals surface area contributed by atoms with E-state index in [0.29, 0.717) is 10.8 Å². The number of thiazole rings is 1. The predicted molar refractivity (Wildman–Crippen MR) is 96.6 cm³/mol. The number of imidazole rings is 1. The number of furan rings is 1. The molecule has 0 aliphatic rings. The molecule has 27 heavy (non-hydrogen) atoms. The summed E-state index contributed by atoms with van der Waals surface area (Å²) in [5.74, 6) is 0.272. The van der Waals surface area contributed by atoms with Crippen molar-refractivity contribution in [3.05, 3.63) is 60.4 Å². The van der Waals surface area contributed by atoms with Crippen LogP contribution in [0.3, 0.4) is 0 Å². The lowest BCUT2D eigenvalue weighted by molar-refractivity contribution is 0.0604. The molecule has 4 rings (SSSR count). The van der Waals surface area contributed by atoms with Gasteiger partial charge >= 0.3 is 6.55 Å². The Balaban J connectivity index is 1.53. The van der Waals surface area contributed by atoms with Crippen LogP contribution in [-0.4, -0.2) is 32.4 Å². The van der Waals surface area contributed by atoms with E-state index in [0.717, 1.165) is 14.8 Å². The van der Waals surface area contributed by atoms with Gasteiger partial charge in [-0.15, -0.1) is 11.3 Å². The van der Waals surface area contributed by atoms with Crippen molar-refractivity contribution in [2.45, 2.75) is 13.1 Å². The van der Waals surface area contributed by atoms with Crippen molar-refractivity contribution < 1.29 is 18.0 Å². The zero-order valence-electron chi connectivity index (χ0n) is 14.2. The molecule has 0 fully saturated rings. The fourth-order valence-corrected chi connectivity index (χ4v) is 3.59. The van der Waals surface area contributed by atoms with Crippen LogP contribution in [0.15, 0.2) is 53.2 Å². The largest absolute Gasteiger partial charge is 0.448 e. The number of carbonyl (C=O) groups is 1. The molecule has 0 spiro atoms. The third kappa shape index (κ3) is 3.33. The molecule has 0 unspecified atom stereocenters. The number of alkyl halides is 2. The highest BCUT2D eigenvalue weighted by atomic mass is 32.1. The summed E-state index contributed by atoms with van der Waals surface area (Å²) in [5.41, 5.74) is 0.859. The molecule has 0 N–H and O–H groups in total. The average Bonchev–Trinajstić information content (AvgIpc) is 3.38. The molecule has 0 radical (unpaired) electrons. The monoisotopic (exact) mass is 388 g/mol. The molecule has 0 atom stereocenters. The summed E-state index contributed by atoms with van der Waals surface area (Å²) in [6.45, 7) is -2.77. The normalized spacial score (nSPS) is 11.4. The van der Waals surface area contributed by atoms with Crippen LogP contribution in [0.4, 0.5) is 8.78 Å². The maximum atomic E-state index is 12.9. The van der Waals surface area contributed by atoms with Gasteiger partial charge in [-0.25, -0.2) is 9.97 Å². The van der Waals surface area contributed by atoms with Crippen LogP contribution in [-0.2, 0) is 6.54 Å². The third-order valence-corrected chi connectivity index (χ3v) is 5.06. The number of carbonyl (C=O) groups excluding carboxylic acids is 1. The van der Waals surface area contributed by atoms with Gasteiger partial charge in [-0.2, -0.15) is 8.78 Å².